The molecule has 2 rings (SSSR count). The number of nitrogens with zero attached hydrogens (tertiary/aromatic N) is 1. The summed E-state index contributed by atoms with van der Waals surface area (Å²) in [7, 11) is -0.702. The summed E-state index contributed by atoms with van der Waals surface area (Å²) in [6.45, 7) is 3.49. The van der Waals surface area contributed by atoms with E-state index in [1.807, 2.05) is 6.92 Å². The molecule has 2 heterocycles. The Hall–Kier alpha value is -1.14. The molecule has 94 valence electrons. The molecule has 0 bridgehead atoms. The molecule has 1 fully saturated rings. The highest BCUT2D eigenvalue weighted by molar-refractivity contribution is 7.85. The number of furan rings is 1. The maximum absolute atomic E-state index is 11.2. The molecule has 0 amide bonds. The predicted octanol–water partition coefficient (Wildman–Crippen LogP) is 1.10. The third-order valence-corrected chi connectivity index (χ3v) is 4.29. The van der Waals surface area contributed by atoms with Gasteiger partial charge in [0.1, 0.15) is 5.76 Å². The van der Waals surface area contributed by atoms with Gasteiger partial charge in [0.15, 0.2) is 0 Å². The number of aromatic carboxylic acids is 1. The average molecular weight is 257 g/mol. The van der Waals surface area contributed by atoms with Gasteiger partial charge in [-0.05, 0) is 19.1 Å². The second-order valence-corrected chi connectivity index (χ2v) is 5.76. The predicted molar refractivity (Wildman–Crippen MR) is 63.5 cm³/mol. The fourth-order valence-corrected chi connectivity index (χ4v) is 2.99. The Bertz CT molecular complexity index is 432. The minimum atomic E-state index is -1.05. The van der Waals surface area contributed by atoms with Crippen LogP contribution in [0.2, 0.25) is 0 Å². The van der Waals surface area contributed by atoms with Gasteiger partial charge in [-0.2, -0.15) is 0 Å². The molecular formula is C11H15NO4S. The molecule has 1 aromatic rings. The first-order valence-electron chi connectivity index (χ1n) is 5.50. The maximum Gasteiger partial charge on any atom is 0.371 e. The van der Waals surface area contributed by atoms with E-state index in [2.05, 4.69) is 4.90 Å². The van der Waals surface area contributed by atoms with Gasteiger partial charge in [-0.3, -0.25) is 9.11 Å². The van der Waals surface area contributed by atoms with E-state index in [0.29, 0.717) is 17.3 Å². The lowest BCUT2D eigenvalue weighted by molar-refractivity contribution is 0.0656. The highest BCUT2D eigenvalue weighted by Gasteiger charge is 2.23. The molecule has 6 heteroatoms. The Morgan fingerprint density at radius 2 is 2.12 bits per heavy atom. The topological polar surface area (TPSA) is 70.8 Å². The van der Waals surface area contributed by atoms with Crippen molar-refractivity contribution in [2.45, 2.75) is 13.0 Å². The number of carbonyl (C=O) groups is 1. The van der Waals surface area contributed by atoms with Crippen molar-refractivity contribution in [2.24, 2.45) is 0 Å². The van der Waals surface area contributed by atoms with Gasteiger partial charge in [0, 0.05) is 35.4 Å². The molecule has 1 saturated heterocycles. The Kier molecular flexibility index (Phi) is 3.63. The molecule has 1 aliphatic heterocycles. The van der Waals surface area contributed by atoms with Crippen LogP contribution in [0, 0.1) is 0 Å². The Morgan fingerprint density at radius 1 is 1.47 bits per heavy atom. The van der Waals surface area contributed by atoms with Gasteiger partial charge in [-0.1, -0.05) is 0 Å². The van der Waals surface area contributed by atoms with E-state index in [-0.39, 0.29) is 11.8 Å². The van der Waals surface area contributed by atoms with E-state index in [4.69, 9.17) is 9.52 Å². The maximum atomic E-state index is 11.2. The minimum Gasteiger partial charge on any atom is -0.475 e. The van der Waals surface area contributed by atoms with E-state index >= 15 is 0 Å². The second kappa shape index (κ2) is 5.01. The van der Waals surface area contributed by atoms with Crippen LogP contribution in [0.15, 0.2) is 16.5 Å². The van der Waals surface area contributed by atoms with E-state index in [1.54, 1.807) is 6.07 Å². The summed E-state index contributed by atoms with van der Waals surface area (Å²) in [4.78, 5) is 12.9. The van der Waals surface area contributed by atoms with Crippen LogP contribution in [0.25, 0.3) is 0 Å². The monoisotopic (exact) mass is 257 g/mol. The molecule has 0 radical (unpaired) electrons. The zero-order valence-corrected chi connectivity index (χ0v) is 10.4. The number of carboxylic acids is 1. The van der Waals surface area contributed by atoms with E-state index < -0.39 is 16.8 Å². The van der Waals surface area contributed by atoms with Crippen molar-refractivity contribution in [1.29, 1.82) is 0 Å². The van der Waals surface area contributed by atoms with E-state index in [9.17, 15) is 9.00 Å². The zero-order valence-electron chi connectivity index (χ0n) is 9.59. The standard InChI is InChI=1S/C11H15NO4S/c1-8(12-4-6-17(15)7-5-12)9-2-3-10(16-9)11(13)14/h2-3,8H,4-7H2,1H3,(H,13,14). The van der Waals surface area contributed by atoms with Crippen molar-refractivity contribution in [3.05, 3.63) is 23.7 Å². The van der Waals surface area contributed by atoms with Crippen LogP contribution in [-0.4, -0.2) is 44.8 Å². The van der Waals surface area contributed by atoms with E-state index in [1.165, 1.54) is 6.07 Å². The summed E-state index contributed by atoms with van der Waals surface area (Å²) in [5.74, 6) is 0.916. The fourth-order valence-electron chi connectivity index (χ4n) is 1.91. The Labute approximate surface area is 102 Å². The SMILES string of the molecule is CC(c1ccc(C(=O)O)o1)N1CCS(=O)CC1. The molecule has 17 heavy (non-hydrogen) atoms. The number of hydrogen-bond acceptors (Lipinski definition) is 4. The fraction of sp³-hybridized carbons (Fsp3) is 0.545. The average Bonchev–Trinajstić information content (AvgIpc) is 2.78. The van der Waals surface area contributed by atoms with Gasteiger partial charge in [0.2, 0.25) is 5.76 Å². The van der Waals surface area contributed by atoms with Gasteiger partial charge in [0.25, 0.3) is 0 Å². The second-order valence-electron chi connectivity index (χ2n) is 4.07. The van der Waals surface area contributed by atoms with Gasteiger partial charge in [-0.15, -0.1) is 0 Å². The number of carboxylic acid groups (broad SMARTS) is 1. The highest BCUT2D eigenvalue weighted by Crippen LogP contribution is 2.23. The van der Waals surface area contributed by atoms with E-state index in [0.717, 1.165) is 13.1 Å². The van der Waals surface area contributed by atoms with Gasteiger partial charge in [0.05, 0.1) is 6.04 Å². The molecule has 1 atom stereocenters. The van der Waals surface area contributed by atoms with Crippen molar-refractivity contribution in [3.8, 4) is 0 Å². The Balaban J connectivity index is 2.05. The van der Waals surface area contributed by atoms with Crippen molar-refractivity contribution in [1.82, 2.24) is 4.90 Å². The molecular weight excluding hydrogens is 242 g/mol. The Morgan fingerprint density at radius 3 is 2.65 bits per heavy atom. The van der Waals surface area contributed by atoms with Crippen LogP contribution in [0.3, 0.4) is 0 Å². The number of rotatable bonds is 3. The number of hydrogen-bond donors (Lipinski definition) is 1. The third-order valence-electron chi connectivity index (χ3n) is 3.01. The van der Waals surface area contributed by atoms with Crippen LogP contribution in [-0.2, 0) is 10.8 Å². The van der Waals surface area contributed by atoms with Crippen molar-refractivity contribution in [3.63, 3.8) is 0 Å². The first-order chi connectivity index (χ1) is 8.08. The van der Waals surface area contributed by atoms with Gasteiger partial charge < -0.3 is 9.52 Å². The van der Waals surface area contributed by atoms with Crippen LogP contribution < -0.4 is 0 Å². The molecule has 5 nitrogen and oxygen atoms in total. The molecule has 1 unspecified atom stereocenters. The molecule has 1 aliphatic rings. The van der Waals surface area contributed by atoms with Crippen molar-refractivity contribution in [2.75, 3.05) is 24.6 Å². The first kappa shape index (κ1) is 12.3. The van der Waals surface area contributed by atoms with Gasteiger partial charge in [-0.25, -0.2) is 4.79 Å². The molecule has 0 aromatic carbocycles. The lowest BCUT2D eigenvalue weighted by atomic mass is 10.2. The smallest absolute Gasteiger partial charge is 0.371 e. The van der Waals surface area contributed by atoms with Crippen molar-refractivity contribution >= 4 is 16.8 Å². The summed E-state index contributed by atoms with van der Waals surface area (Å²) in [6, 6.07) is 3.19. The third kappa shape index (κ3) is 2.76. The summed E-state index contributed by atoms with van der Waals surface area (Å²) in [5, 5.41) is 8.78. The highest BCUT2D eigenvalue weighted by atomic mass is 32.2. The first-order valence-corrected chi connectivity index (χ1v) is 6.99. The lowest BCUT2D eigenvalue weighted by Gasteiger charge is -2.30. The normalized spacial score (nSPS) is 20.3. The van der Waals surface area contributed by atoms with Crippen LogP contribution in [0.4, 0.5) is 0 Å². The van der Waals surface area contributed by atoms with Gasteiger partial charge >= 0.3 is 5.97 Å². The summed E-state index contributed by atoms with van der Waals surface area (Å²) >= 11 is 0. The van der Waals surface area contributed by atoms with Crippen molar-refractivity contribution < 1.29 is 18.5 Å². The molecule has 1 N–H and O–H groups in total. The lowest BCUT2D eigenvalue weighted by Crippen LogP contribution is -2.39. The minimum absolute atomic E-state index is 0.0281. The van der Waals surface area contributed by atoms with Crippen LogP contribution in [0.5, 0.6) is 0 Å². The van der Waals surface area contributed by atoms with Crippen LogP contribution >= 0.6 is 0 Å². The molecule has 0 aliphatic carbocycles. The summed E-state index contributed by atoms with van der Waals surface area (Å²) in [5.41, 5.74) is 0. The molecule has 0 saturated carbocycles. The quantitative estimate of drug-likeness (QED) is 0.878. The van der Waals surface area contributed by atoms with Crippen LogP contribution in [0.1, 0.15) is 29.3 Å². The molecule has 0 spiro atoms. The summed E-state index contributed by atoms with van der Waals surface area (Å²) < 4.78 is 16.5. The zero-order chi connectivity index (χ0) is 12.4. The largest absolute Gasteiger partial charge is 0.475 e. The summed E-state index contributed by atoms with van der Waals surface area (Å²) in [6.07, 6.45) is 0. The molecule has 1 aromatic heterocycles.